The Hall–Kier alpha value is -3.54. The third-order valence-corrected chi connectivity index (χ3v) is 6.68. The molecule has 2 aromatic heterocycles. The number of hydrogen-bond acceptors (Lipinski definition) is 5. The van der Waals surface area contributed by atoms with Crippen molar-refractivity contribution in [2.75, 3.05) is 11.4 Å². The van der Waals surface area contributed by atoms with Crippen LogP contribution in [0.3, 0.4) is 0 Å². The van der Waals surface area contributed by atoms with Gasteiger partial charge in [0.2, 0.25) is 0 Å². The molecule has 0 saturated carbocycles. The van der Waals surface area contributed by atoms with Crippen LogP contribution in [-0.4, -0.2) is 31.9 Å². The van der Waals surface area contributed by atoms with Crippen molar-refractivity contribution in [3.63, 3.8) is 0 Å². The zero-order valence-electron chi connectivity index (χ0n) is 17.7. The lowest BCUT2D eigenvalue weighted by molar-refractivity contribution is -0.121. The van der Waals surface area contributed by atoms with Crippen molar-refractivity contribution < 1.29 is 4.79 Å². The van der Waals surface area contributed by atoms with Gasteiger partial charge in [0.1, 0.15) is 5.78 Å². The molecule has 2 aromatic carbocycles. The van der Waals surface area contributed by atoms with Crippen LogP contribution in [0, 0.1) is 0 Å². The first-order valence-corrected chi connectivity index (χ1v) is 10.7. The number of anilines is 2. The van der Waals surface area contributed by atoms with Crippen LogP contribution in [0.4, 0.5) is 11.5 Å². The Morgan fingerprint density at radius 2 is 1.97 bits per heavy atom. The van der Waals surface area contributed by atoms with E-state index in [0.717, 1.165) is 46.9 Å². The predicted molar refractivity (Wildman–Crippen MR) is 119 cm³/mol. The average Bonchev–Trinajstić information content (AvgIpc) is 3.42. The Balaban J connectivity index is 1.35. The molecule has 0 unspecified atom stereocenters. The van der Waals surface area contributed by atoms with Crippen molar-refractivity contribution in [3.05, 3.63) is 82.9 Å². The van der Waals surface area contributed by atoms with Crippen molar-refractivity contribution >= 4 is 22.9 Å². The van der Waals surface area contributed by atoms with Crippen LogP contribution in [0.25, 0.3) is 5.65 Å². The molecule has 0 radical (unpaired) electrons. The molecule has 0 fully saturated rings. The summed E-state index contributed by atoms with van der Waals surface area (Å²) in [5.74, 6) is 1.88. The van der Waals surface area contributed by atoms with E-state index in [4.69, 9.17) is 10.1 Å². The van der Waals surface area contributed by atoms with Gasteiger partial charge in [0.05, 0.1) is 0 Å². The van der Waals surface area contributed by atoms with Crippen LogP contribution in [0.5, 0.6) is 0 Å². The average molecular weight is 409 g/mol. The first kappa shape index (κ1) is 18.2. The van der Waals surface area contributed by atoms with E-state index in [1.807, 2.05) is 24.6 Å². The van der Waals surface area contributed by atoms with Gasteiger partial charge in [-0.1, -0.05) is 36.4 Å². The number of fused-ring (bicyclic) bond motifs is 3. The van der Waals surface area contributed by atoms with Crippen LogP contribution in [0.15, 0.2) is 54.9 Å². The Labute approximate surface area is 180 Å². The largest absolute Gasteiger partial charge is 0.323 e. The smallest absolute Gasteiger partial charge is 0.199 e. The van der Waals surface area contributed by atoms with E-state index in [9.17, 15) is 4.79 Å². The van der Waals surface area contributed by atoms with Gasteiger partial charge in [-0.3, -0.25) is 4.79 Å². The van der Waals surface area contributed by atoms with Gasteiger partial charge in [-0.2, -0.15) is 5.10 Å². The summed E-state index contributed by atoms with van der Waals surface area (Å²) in [6, 6.07) is 14.8. The second-order valence-electron chi connectivity index (χ2n) is 8.97. The second kappa shape index (κ2) is 6.48. The summed E-state index contributed by atoms with van der Waals surface area (Å²) in [6.45, 7) is 4.91. The van der Waals surface area contributed by atoms with E-state index in [0.29, 0.717) is 12.8 Å². The molecule has 3 heterocycles. The molecule has 0 amide bonds. The Bertz CT molecular complexity index is 1350. The Morgan fingerprint density at radius 1 is 1.10 bits per heavy atom. The number of aromatic nitrogens is 4. The fourth-order valence-corrected chi connectivity index (χ4v) is 4.91. The molecular formula is C25H23N5O. The predicted octanol–water partition coefficient (Wildman–Crippen LogP) is 3.81. The van der Waals surface area contributed by atoms with Gasteiger partial charge in [0.15, 0.2) is 17.3 Å². The lowest BCUT2D eigenvalue weighted by Gasteiger charge is -2.18. The van der Waals surface area contributed by atoms with Crippen molar-refractivity contribution in [1.29, 1.82) is 0 Å². The summed E-state index contributed by atoms with van der Waals surface area (Å²) < 4.78 is 1.82. The SMILES string of the molecule is CC1(C)C(=O)Cc2cc(Cc3nc4c(N5CCc6ccccc65)nccn4n3)ccc21. The molecule has 2 aliphatic rings. The number of carbonyl (C=O) groups excluding carboxylic acids is 1. The molecule has 154 valence electrons. The normalized spacial score (nSPS) is 16.7. The number of hydrogen-bond donors (Lipinski definition) is 0. The highest BCUT2D eigenvalue weighted by atomic mass is 16.1. The first-order chi connectivity index (χ1) is 15.0. The highest BCUT2D eigenvalue weighted by Gasteiger charge is 2.37. The van der Waals surface area contributed by atoms with Gasteiger partial charge in [-0.25, -0.2) is 14.5 Å². The number of para-hydroxylation sites is 1. The molecule has 0 bridgehead atoms. The molecule has 0 atom stereocenters. The van der Waals surface area contributed by atoms with E-state index in [2.05, 4.69) is 52.3 Å². The topological polar surface area (TPSA) is 63.4 Å². The highest BCUT2D eigenvalue weighted by Crippen LogP contribution is 2.37. The van der Waals surface area contributed by atoms with Crippen LogP contribution in [0.1, 0.15) is 41.9 Å². The molecule has 31 heavy (non-hydrogen) atoms. The van der Waals surface area contributed by atoms with Crippen molar-refractivity contribution in [1.82, 2.24) is 19.6 Å². The zero-order valence-corrected chi connectivity index (χ0v) is 17.7. The maximum Gasteiger partial charge on any atom is 0.199 e. The molecule has 1 aliphatic carbocycles. The number of carbonyl (C=O) groups is 1. The monoisotopic (exact) mass is 409 g/mol. The number of ketones is 1. The zero-order chi connectivity index (χ0) is 21.2. The van der Waals surface area contributed by atoms with Gasteiger partial charge in [-0.15, -0.1) is 0 Å². The minimum atomic E-state index is -0.387. The van der Waals surface area contributed by atoms with Crippen LogP contribution in [-0.2, 0) is 29.5 Å². The number of nitrogens with zero attached hydrogens (tertiary/aromatic N) is 5. The fourth-order valence-electron chi connectivity index (χ4n) is 4.91. The van der Waals surface area contributed by atoms with Crippen molar-refractivity contribution in [3.8, 4) is 0 Å². The molecule has 0 spiro atoms. The Kier molecular flexibility index (Phi) is 3.81. The first-order valence-electron chi connectivity index (χ1n) is 10.7. The van der Waals surface area contributed by atoms with Crippen LogP contribution >= 0.6 is 0 Å². The number of Topliss-reactive ketones (excluding diaryl/α,β-unsaturated/α-hetero) is 1. The lowest BCUT2D eigenvalue weighted by Crippen LogP contribution is -2.23. The van der Waals surface area contributed by atoms with Gasteiger partial charge in [0, 0.05) is 42.9 Å². The third kappa shape index (κ3) is 2.78. The number of benzene rings is 2. The van der Waals surface area contributed by atoms with Crippen LogP contribution < -0.4 is 4.90 Å². The minimum Gasteiger partial charge on any atom is -0.323 e. The maximum absolute atomic E-state index is 12.4. The van der Waals surface area contributed by atoms with Crippen molar-refractivity contribution in [2.24, 2.45) is 0 Å². The molecular weight excluding hydrogens is 386 g/mol. The molecule has 6 rings (SSSR count). The van der Waals surface area contributed by atoms with E-state index in [-0.39, 0.29) is 11.2 Å². The second-order valence-corrected chi connectivity index (χ2v) is 8.97. The van der Waals surface area contributed by atoms with E-state index in [1.165, 1.54) is 11.3 Å². The minimum absolute atomic E-state index is 0.284. The quantitative estimate of drug-likeness (QED) is 0.515. The summed E-state index contributed by atoms with van der Waals surface area (Å²) >= 11 is 0. The van der Waals surface area contributed by atoms with Gasteiger partial charge in [0.25, 0.3) is 0 Å². The van der Waals surface area contributed by atoms with E-state index >= 15 is 0 Å². The van der Waals surface area contributed by atoms with Gasteiger partial charge < -0.3 is 4.90 Å². The summed E-state index contributed by atoms with van der Waals surface area (Å²) in [5.41, 5.74) is 6.31. The molecule has 6 heteroatoms. The van der Waals surface area contributed by atoms with Crippen molar-refractivity contribution in [2.45, 2.75) is 38.5 Å². The molecule has 0 N–H and O–H groups in total. The number of rotatable bonds is 3. The van der Waals surface area contributed by atoms with E-state index < -0.39 is 0 Å². The lowest BCUT2D eigenvalue weighted by atomic mass is 9.85. The summed E-state index contributed by atoms with van der Waals surface area (Å²) in [4.78, 5) is 24.1. The fraction of sp³-hybridized carbons (Fsp3) is 0.280. The summed E-state index contributed by atoms with van der Waals surface area (Å²) in [7, 11) is 0. The van der Waals surface area contributed by atoms with Crippen LogP contribution in [0.2, 0.25) is 0 Å². The maximum atomic E-state index is 12.4. The highest BCUT2D eigenvalue weighted by molar-refractivity contribution is 5.95. The third-order valence-electron chi connectivity index (χ3n) is 6.68. The molecule has 1 aliphatic heterocycles. The Morgan fingerprint density at radius 3 is 2.87 bits per heavy atom. The summed E-state index contributed by atoms with van der Waals surface area (Å²) in [6.07, 6.45) is 5.77. The molecule has 0 saturated heterocycles. The van der Waals surface area contributed by atoms with E-state index in [1.54, 1.807) is 6.20 Å². The summed E-state index contributed by atoms with van der Waals surface area (Å²) in [5, 5.41) is 4.71. The standard InChI is InChI=1S/C25H23N5O/c1-25(2)19-8-7-16(13-18(19)15-21(25)31)14-22-27-24-23(26-10-12-30(24)28-22)29-11-9-17-5-3-4-6-20(17)29/h3-8,10,12-13H,9,11,14-15H2,1-2H3. The molecule has 4 aromatic rings. The van der Waals surface area contributed by atoms with Gasteiger partial charge in [-0.05, 0) is 48.6 Å². The molecule has 6 nitrogen and oxygen atoms in total. The van der Waals surface area contributed by atoms with Gasteiger partial charge >= 0.3 is 0 Å².